The van der Waals surface area contributed by atoms with Crippen LogP contribution in [-0.4, -0.2) is 0 Å². The van der Waals surface area contributed by atoms with Gasteiger partial charge in [0.25, 0.3) is 0 Å². The number of hydrogen-bond donors (Lipinski definition) is 0. The van der Waals surface area contributed by atoms with Crippen molar-refractivity contribution in [3.8, 4) is 0 Å². The Balaban J connectivity index is 0. The van der Waals surface area contributed by atoms with E-state index in [1.54, 1.807) is 4.29 Å². The van der Waals surface area contributed by atoms with Crippen LogP contribution in [-0.2, 0) is 42.1 Å². The minimum atomic E-state index is 0. The zero-order valence-electron chi connectivity index (χ0n) is 1.90. The molecule has 0 rings (SSSR count). The normalized spacial score (nSPS) is 3.50. The fraction of sp³-hybridized carbons (Fsp3) is 0. The van der Waals surface area contributed by atoms with Crippen LogP contribution in [0.25, 0.3) is 0 Å². The van der Waals surface area contributed by atoms with E-state index in [9.17, 15) is 0 Å². The van der Waals surface area contributed by atoms with Gasteiger partial charge in [-0.25, -0.2) is 0 Å². The molecule has 2 heteroatoms. The van der Waals surface area contributed by atoms with Crippen molar-refractivity contribution in [2.45, 2.75) is 0 Å². The van der Waals surface area contributed by atoms with Crippen LogP contribution in [0, 0.1) is 0 Å². The molecule has 0 nitrogen and oxygen atoms in total. The van der Waals surface area contributed by atoms with E-state index in [2.05, 4.69) is 27.6 Å². The van der Waals surface area contributed by atoms with Gasteiger partial charge in [0.05, 0.1) is 0 Å². The van der Waals surface area contributed by atoms with Crippen molar-refractivity contribution in [3.05, 3.63) is 10.9 Å². The number of hydrogen-bond acceptors (Lipinski definition) is 0. The quantitative estimate of drug-likeness (QED) is 0.507. The Labute approximate surface area is 52.8 Å². The fourth-order valence-corrected chi connectivity index (χ4v) is 0. The third-order valence-corrected chi connectivity index (χ3v) is 0. The summed E-state index contributed by atoms with van der Waals surface area (Å²) in [7, 11) is 0. The molecule has 0 aromatic heterocycles. The average Bonchev–Trinajstić information content (AvgIpc) is 0.918. The Kier molecular flexibility index (Phi) is 19.9. The first-order valence-corrected chi connectivity index (χ1v) is 1.83. The molecule has 0 N–H and O–H groups in total. The van der Waals surface area contributed by atoms with Crippen molar-refractivity contribution < 1.29 is 42.1 Å². The molecule has 4 heavy (non-hydrogen) atoms. The first-order chi connectivity index (χ1) is 1.41. The van der Waals surface area contributed by atoms with Crippen LogP contribution in [0.1, 0.15) is 0 Å². The summed E-state index contributed by atoms with van der Waals surface area (Å²) in [6, 6.07) is 0. The van der Waals surface area contributed by atoms with Gasteiger partial charge in [-0.05, 0) is 0 Å². The second kappa shape index (κ2) is 8.90. The van der Waals surface area contributed by atoms with E-state index in [1.807, 2.05) is 0 Å². The summed E-state index contributed by atoms with van der Waals surface area (Å²) >= 11 is 2.19. The first-order valence-electron chi connectivity index (χ1n) is 0.582. The predicted octanol–water partition coefficient (Wildman–Crippen LogP) is 0.674. The van der Waals surface area contributed by atoms with Gasteiger partial charge < -0.3 is 0 Å². The van der Waals surface area contributed by atoms with Gasteiger partial charge in [-0.15, -0.1) is 0 Å². The van der Waals surface area contributed by atoms with Crippen LogP contribution in [0.4, 0.5) is 0 Å². The van der Waals surface area contributed by atoms with Crippen molar-refractivity contribution in [2.75, 3.05) is 0 Å². The molecule has 0 unspecified atom stereocenters. The Morgan fingerprint density at radius 3 is 1.75 bits per heavy atom. The zero-order chi connectivity index (χ0) is 2.71. The molecule has 0 aliphatic carbocycles. The van der Waals surface area contributed by atoms with Crippen molar-refractivity contribution in [3.63, 3.8) is 0 Å². The van der Waals surface area contributed by atoms with Crippen LogP contribution in [0.5, 0.6) is 0 Å². The maximum atomic E-state index is 3.34. The summed E-state index contributed by atoms with van der Waals surface area (Å²) < 4.78 is 1.69. The molecule has 0 heterocycles. The third-order valence-electron chi connectivity index (χ3n) is 0. The maximum absolute atomic E-state index is 3.34. The van der Waals surface area contributed by atoms with Crippen molar-refractivity contribution in [1.82, 2.24) is 0 Å². The van der Waals surface area contributed by atoms with Crippen molar-refractivity contribution >= 4 is 0 Å². The average molecular weight is 419 g/mol. The molecule has 32 valence electrons. The molecule has 0 aliphatic heterocycles. The van der Waals surface area contributed by atoms with E-state index in [1.165, 1.54) is 0 Å². The van der Waals surface area contributed by atoms with Crippen LogP contribution in [0.15, 0.2) is 10.9 Å². The molecule has 0 saturated carbocycles. The van der Waals surface area contributed by atoms with Gasteiger partial charge in [0, 0.05) is 21.1 Å². The largest absolute Gasteiger partial charge is 0 e. The van der Waals surface area contributed by atoms with Gasteiger partial charge in [0.15, 0.2) is 0 Å². The summed E-state index contributed by atoms with van der Waals surface area (Å²) in [5, 5.41) is 0. The Hall–Kier alpha value is 1.17. The van der Waals surface area contributed by atoms with Crippen LogP contribution >= 0.6 is 0 Å². The van der Waals surface area contributed by atoms with Gasteiger partial charge in [-0.3, -0.25) is 0 Å². The van der Waals surface area contributed by atoms with Gasteiger partial charge in [0.2, 0.25) is 0 Å². The third kappa shape index (κ3) is 10.9. The van der Waals surface area contributed by atoms with Crippen molar-refractivity contribution in [2.24, 2.45) is 0 Å². The van der Waals surface area contributed by atoms with E-state index >= 15 is 0 Å². The molecule has 0 atom stereocenters. The van der Waals surface area contributed by atoms with Crippen LogP contribution < -0.4 is 0 Å². The van der Waals surface area contributed by atoms with E-state index in [4.69, 9.17) is 0 Å². The molecule has 0 saturated heterocycles. The summed E-state index contributed by atoms with van der Waals surface area (Å²) in [5.74, 6) is 0. The van der Waals surface area contributed by atoms with Crippen LogP contribution in [0.3, 0.4) is 0 Å². The fourth-order valence-electron chi connectivity index (χ4n) is 0. The van der Waals surface area contributed by atoms with Gasteiger partial charge in [-0.2, -0.15) is 0 Å². The smallest absolute Gasteiger partial charge is 0 e. The SMILES string of the molecule is C=[CH][Au].[Pt]. The molecule has 0 amide bonds. The minimum absolute atomic E-state index is 0. The molecule has 0 fully saturated rings. The minimum Gasteiger partial charge on any atom is 0 e. The van der Waals surface area contributed by atoms with E-state index < -0.39 is 0 Å². The summed E-state index contributed by atoms with van der Waals surface area (Å²) in [5.41, 5.74) is 0. The molecule has 0 aromatic rings. The van der Waals surface area contributed by atoms with Gasteiger partial charge in [-0.1, -0.05) is 0 Å². The summed E-state index contributed by atoms with van der Waals surface area (Å²) in [4.78, 5) is 0. The molecule has 0 radical (unpaired) electrons. The van der Waals surface area contributed by atoms with Crippen LogP contribution in [0.2, 0.25) is 0 Å². The molecular formula is C2H3AuPt. The molecule has 0 aliphatic rings. The van der Waals surface area contributed by atoms with Gasteiger partial charge >= 0.3 is 31.9 Å². The van der Waals surface area contributed by atoms with Gasteiger partial charge in [0.1, 0.15) is 0 Å². The maximum Gasteiger partial charge on any atom is 0 e. The molecular weight excluding hydrogens is 416 g/mol. The topological polar surface area (TPSA) is 0 Å². The van der Waals surface area contributed by atoms with E-state index in [0.717, 1.165) is 0 Å². The first kappa shape index (κ1) is 8.95. The number of rotatable bonds is 0. The van der Waals surface area contributed by atoms with Crippen molar-refractivity contribution in [1.29, 1.82) is 0 Å². The molecule has 0 aromatic carbocycles. The monoisotopic (exact) mass is 419 g/mol. The summed E-state index contributed by atoms with van der Waals surface area (Å²) in [6.07, 6.45) is 0. The summed E-state index contributed by atoms with van der Waals surface area (Å²) in [6.45, 7) is 3.34. The molecule has 0 spiro atoms. The Morgan fingerprint density at radius 2 is 1.75 bits per heavy atom. The molecule has 0 bridgehead atoms. The second-order valence-corrected chi connectivity index (χ2v) is 1.01. The zero-order valence-corrected chi connectivity index (χ0v) is 6.34. The van der Waals surface area contributed by atoms with E-state index in [0.29, 0.717) is 0 Å². The standard InChI is InChI=1S/C2H3.Au.Pt/c1-2;;/h1H,2H2;;. The Morgan fingerprint density at radius 1 is 1.75 bits per heavy atom. The predicted molar refractivity (Wildman–Crippen MR) is 10.2 cm³/mol. The van der Waals surface area contributed by atoms with E-state index in [-0.39, 0.29) is 21.1 Å². The Bertz CT molecular complexity index is 13.5. The second-order valence-electron chi connectivity index (χ2n) is 0.123.